The summed E-state index contributed by atoms with van der Waals surface area (Å²) in [7, 11) is 10.4. The van der Waals surface area contributed by atoms with Gasteiger partial charge in [-0.2, -0.15) is 0 Å². The maximum Gasteiger partial charge on any atom is 0.411 e. The fraction of sp³-hybridized carbons (Fsp3) is 0.556. The Labute approximate surface area is 587 Å². The molecular weight excluding hydrogens is 1320 g/mol. The van der Waals surface area contributed by atoms with Gasteiger partial charge in [-0.1, -0.05) is 48.5 Å². The number of Topliss-reactive ketones (excluding diaryl/α,β-unsaturated/α-hetero) is 1. The largest absolute Gasteiger partial charge is 0.469 e. The van der Waals surface area contributed by atoms with Crippen LogP contribution in [0.15, 0.2) is 66.7 Å². The number of nitrogens with two attached hydrogens (primary N) is 1. The molecule has 3 aromatic carbocycles. The standard InChI is InChI=1S/C72H97N5O24/c1-92-58(81)23-32-69(33-24-59(82)93-2,34-25-60(83)94-3)45-48(78)20-35-72(36-21-56(79)75-70(38-26-61(84)95-4,39-27-62(85)96-5)40-28-63(86)97-6,37-22-57(80)76-71(41-29-64(87)98-7,42-30-65(88)99-8)43-31-66(89)100-9)77-67(90)47-18-19-54(73)55(44-47)74-68(91)101-46-53-51-16-12-10-14-49(51)50-15-11-13-17-52(50)53/h10-19,44,53H,20-43,45-46,73H2,1-9H3,(H,74,91)(H,75,79)(H,76,80)(H,77,90). The van der Waals surface area contributed by atoms with E-state index in [1.807, 2.05) is 48.5 Å². The number of esters is 9. The molecule has 29 heteroatoms. The molecule has 6 N–H and O–H groups in total. The summed E-state index contributed by atoms with van der Waals surface area (Å²) in [5, 5.41) is 11.5. The van der Waals surface area contributed by atoms with Gasteiger partial charge in [-0.15, -0.1) is 0 Å². The summed E-state index contributed by atoms with van der Waals surface area (Å²) >= 11 is 0. The molecule has 0 atom stereocenters. The van der Waals surface area contributed by atoms with Gasteiger partial charge >= 0.3 is 59.8 Å². The fourth-order valence-electron chi connectivity index (χ4n) is 12.6. The lowest BCUT2D eigenvalue weighted by molar-refractivity contribution is -0.145. The highest BCUT2D eigenvalue weighted by Gasteiger charge is 2.42. The smallest absolute Gasteiger partial charge is 0.411 e. The first kappa shape index (κ1) is 83.5. The lowest BCUT2D eigenvalue weighted by Gasteiger charge is -2.38. The quantitative estimate of drug-likeness (QED) is 0.0206. The van der Waals surface area contributed by atoms with Gasteiger partial charge in [-0.05, 0) is 123 Å². The van der Waals surface area contributed by atoms with Crippen molar-refractivity contribution in [2.75, 3.05) is 81.6 Å². The number of ether oxygens (including phenoxy) is 10. The third kappa shape index (κ3) is 27.2. The van der Waals surface area contributed by atoms with E-state index in [-0.39, 0.29) is 145 Å². The molecule has 0 saturated heterocycles. The van der Waals surface area contributed by atoms with Crippen LogP contribution in [0.1, 0.15) is 188 Å². The van der Waals surface area contributed by atoms with Gasteiger partial charge in [0.05, 0.1) is 75.4 Å². The van der Waals surface area contributed by atoms with Crippen LogP contribution in [0.5, 0.6) is 0 Å². The summed E-state index contributed by atoms with van der Waals surface area (Å²) in [5.41, 5.74) is 3.94. The Kier molecular flexibility index (Phi) is 34.4. The van der Waals surface area contributed by atoms with Crippen LogP contribution >= 0.6 is 0 Å². The van der Waals surface area contributed by atoms with Crippen molar-refractivity contribution in [1.82, 2.24) is 16.0 Å². The summed E-state index contributed by atoms with van der Waals surface area (Å²) in [4.78, 5) is 189. The topological polar surface area (TPSA) is 405 Å². The number of nitrogens with one attached hydrogen (secondary N) is 4. The summed E-state index contributed by atoms with van der Waals surface area (Å²) in [6.07, 6.45) is -8.04. The minimum absolute atomic E-state index is 0.000466. The molecule has 3 aromatic rings. The van der Waals surface area contributed by atoms with Gasteiger partial charge in [0.15, 0.2) is 0 Å². The van der Waals surface area contributed by atoms with Gasteiger partial charge in [0.2, 0.25) is 11.8 Å². The Hall–Kier alpha value is -9.96. The van der Waals surface area contributed by atoms with Crippen LogP contribution in [0.3, 0.4) is 0 Å². The van der Waals surface area contributed by atoms with Crippen molar-refractivity contribution in [3.05, 3.63) is 83.4 Å². The van der Waals surface area contributed by atoms with Crippen LogP contribution < -0.4 is 27.0 Å². The number of nitrogen functional groups attached to an aromatic ring is 1. The van der Waals surface area contributed by atoms with E-state index in [9.17, 15) is 57.5 Å². The zero-order valence-electron chi connectivity index (χ0n) is 59.2. The van der Waals surface area contributed by atoms with E-state index < -0.39 is 150 Å². The number of rotatable bonds is 45. The van der Waals surface area contributed by atoms with Crippen molar-refractivity contribution in [3.63, 3.8) is 0 Å². The average molecular weight is 1420 g/mol. The maximum absolute atomic E-state index is 15.4. The molecular formula is C72H97N5O24. The maximum atomic E-state index is 15.4. The molecule has 4 amide bonds. The molecule has 0 fully saturated rings. The molecule has 0 aromatic heterocycles. The number of carbonyl (C=O) groups is 14. The number of carbonyl (C=O) groups excluding carboxylic acids is 14. The molecule has 554 valence electrons. The number of hydrogen-bond acceptors (Lipinski definition) is 25. The molecule has 29 nitrogen and oxygen atoms in total. The zero-order valence-corrected chi connectivity index (χ0v) is 59.2. The Morgan fingerprint density at radius 3 is 1.03 bits per heavy atom. The minimum atomic E-state index is -1.87. The number of benzene rings is 3. The van der Waals surface area contributed by atoms with E-state index in [1.54, 1.807) is 0 Å². The van der Waals surface area contributed by atoms with Gasteiger partial charge in [0.25, 0.3) is 5.91 Å². The van der Waals surface area contributed by atoms with Gasteiger partial charge in [0, 0.05) is 112 Å². The molecule has 0 saturated carbocycles. The second-order valence-corrected chi connectivity index (χ2v) is 25.0. The van der Waals surface area contributed by atoms with Crippen LogP contribution in [0, 0.1) is 5.41 Å². The van der Waals surface area contributed by atoms with E-state index in [2.05, 4.69) is 21.3 Å². The van der Waals surface area contributed by atoms with Crippen LogP contribution in [0.4, 0.5) is 16.2 Å². The number of amides is 4. The van der Waals surface area contributed by atoms with Gasteiger partial charge in [0.1, 0.15) is 12.4 Å². The molecule has 1 aliphatic carbocycles. The van der Waals surface area contributed by atoms with Gasteiger partial charge in [-0.25, -0.2) is 4.79 Å². The highest BCUT2D eigenvalue weighted by atomic mass is 16.6. The number of hydrogen-bond donors (Lipinski definition) is 5. The van der Waals surface area contributed by atoms with E-state index in [4.69, 9.17) is 53.1 Å². The first-order valence-corrected chi connectivity index (χ1v) is 33.2. The molecule has 0 unspecified atom stereocenters. The van der Waals surface area contributed by atoms with Gasteiger partial charge < -0.3 is 69.1 Å². The fourth-order valence-corrected chi connectivity index (χ4v) is 12.6. The first-order valence-electron chi connectivity index (χ1n) is 33.2. The summed E-state index contributed by atoms with van der Waals surface area (Å²) in [5.74, 6) is -9.48. The molecule has 0 heterocycles. The molecule has 0 spiro atoms. The number of anilines is 2. The summed E-state index contributed by atoms with van der Waals surface area (Å²) in [6.45, 7) is -0.0861. The Balaban J connectivity index is 1.96. The van der Waals surface area contributed by atoms with E-state index in [0.29, 0.717) is 0 Å². The van der Waals surface area contributed by atoms with Crippen molar-refractivity contribution < 1.29 is 114 Å². The number of fused-ring (bicyclic) bond motifs is 3. The van der Waals surface area contributed by atoms with Crippen molar-refractivity contribution in [1.29, 1.82) is 0 Å². The second-order valence-electron chi connectivity index (χ2n) is 25.0. The SMILES string of the molecule is COC(=O)CCC(CCC(=O)OC)(CCC(=O)OC)CC(=O)CCC(CCC(=O)NC(CCC(=O)OC)(CCC(=O)OC)CCC(=O)OC)(CCC(=O)NC(CCC(=O)OC)(CCC(=O)OC)CCC(=O)OC)NC(=O)c1ccc(N)c(NC(=O)OCC2c3ccccc3-c3ccccc32)c1. The number of ketones is 1. The predicted molar refractivity (Wildman–Crippen MR) is 362 cm³/mol. The van der Waals surface area contributed by atoms with Crippen LogP contribution in [0.25, 0.3) is 11.1 Å². The molecule has 0 aliphatic heterocycles. The monoisotopic (exact) mass is 1420 g/mol. The second kappa shape index (κ2) is 41.6. The van der Waals surface area contributed by atoms with Crippen molar-refractivity contribution in [2.45, 2.75) is 183 Å². The Morgan fingerprint density at radius 1 is 0.376 bits per heavy atom. The molecule has 0 bridgehead atoms. The third-order valence-corrected chi connectivity index (χ3v) is 18.7. The number of methoxy groups -OCH3 is 9. The van der Waals surface area contributed by atoms with Crippen molar-refractivity contribution in [3.8, 4) is 11.1 Å². The van der Waals surface area contributed by atoms with E-state index in [1.165, 1.54) is 39.5 Å². The Bertz CT molecular complexity index is 3000. The molecule has 0 radical (unpaired) electrons. The van der Waals surface area contributed by atoms with Crippen LogP contribution in [-0.4, -0.2) is 171 Å². The van der Waals surface area contributed by atoms with Crippen molar-refractivity contribution in [2.24, 2.45) is 5.41 Å². The van der Waals surface area contributed by atoms with E-state index in [0.717, 1.165) is 64.9 Å². The first-order chi connectivity index (χ1) is 48.1. The lowest BCUT2D eigenvalue weighted by Crippen LogP contribution is -2.53. The van der Waals surface area contributed by atoms with Crippen LogP contribution in [-0.2, 0) is 105 Å². The molecule has 101 heavy (non-hydrogen) atoms. The highest BCUT2D eigenvalue weighted by Crippen LogP contribution is 2.45. The molecule has 1 aliphatic rings. The third-order valence-electron chi connectivity index (χ3n) is 18.7. The summed E-state index contributed by atoms with van der Waals surface area (Å²) < 4.78 is 50.2. The van der Waals surface area contributed by atoms with Gasteiger partial charge in [-0.3, -0.25) is 67.6 Å². The highest BCUT2D eigenvalue weighted by molar-refractivity contribution is 5.99. The van der Waals surface area contributed by atoms with Crippen molar-refractivity contribution >= 4 is 94.7 Å². The lowest BCUT2D eigenvalue weighted by atomic mass is 9.70. The Morgan fingerprint density at radius 2 is 0.683 bits per heavy atom. The average Bonchev–Trinajstić information content (AvgIpc) is 1.62. The zero-order chi connectivity index (χ0) is 74.8. The molecule has 4 rings (SSSR count). The summed E-state index contributed by atoms with van der Waals surface area (Å²) in [6, 6.07) is 19.4. The van der Waals surface area contributed by atoms with Crippen LogP contribution in [0.2, 0.25) is 0 Å². The normalized spacial score (nSPS) is 11.8. The van der Waals surface area contributed by atoms with E-state index >= 15 is 9.59 Å². The minimum Gasteiger partial charge on any atom is -0.469 e. The predicted octanol–water partition coefficient (Wildman–Crippen LogP) is 7.67.